The Kier molecular flexibility index (Phi) is 7.33. The number of aromatic nitrogens is 1. The molecule has 0 radical (unpaired) electrons. The van der Waals surface area contributed by atoms with Crippen molar-refractivity contribution in [3.05, 3.63) is 58.9 Å². The summed E-state index contributed by atoms with van der Waals surface area (Å²) in [5.74, 6) is -0.0662. The third kappa shape index (κ3) is 6.27. The SMILES string of the molecule is O=C(CN1CCOCC1)Nc1cccc(-c2csc(NC(=O)Nc3ccc(Cl)cc3)n2)c1. The van der Waals surface area contributed by atoms with E-state index < -0.39 is 6.03 Å². The first-order chi connectivity index (χ1) is 15.5. The Balaban J connectivity index is 1.34. The van der Waals surface area contributed by atoms with Crippen molar-refractivity contribution >= 4 is 51.4 Å². The lowest BCUT2D eigenvalue weighted by Gasteiger charge is -2.25. The van der Waals surface area contributed by atoms with Crippen molar-refractivity contribution < 1.29 is 14.3 Å². The van der Waals surface area contributed by atoms with Gasteiger partial charge in [-0.3, -0.25) is 15.0 Å². The summed E-state index contributed by atoms with van der Waals surface area (Å²) >= 11 is 7.17. The molecule has 2 aromatic carbocycles. The van der Waals surface area contributed by atoms with Crippen molar-refractivity contribution in [1.29, 1.82) is 0 Å². The van der Waals surface area contributed by atoms with Gasteiger partial charge in [0.05, 0.1) is 25.5 Å². The molecule has 0 unspecified atom stereocenters. The number of thiazole rings is 1. The van der Waals surface area contributed by atoms with Crippen LogP contribution in [0.15, 0.2) is 53.9 Å². The Morgan fingerprint density at radius 2 is 1.81 bits per heavy atom. The molecule has 4 rings (SSSR count). The topological polar surface area (TPSA) is 95.6 Å². The second kappa shape index (κ2) is 10.6. The number of hydrogen-bond acceptors (Lipinski definition) is 6. The fourth-order valence-corrected chi connectivity index (χ4v) is 4.02. The lowest BCUT2D eigenvalue weighted by atomic mass is 10.1. The molecular formula is C22H22ClN5O3S. The van der Waals surface area contributed by atoms with E-state index in [1.165, 1.54) is 11.3 Å². The quantitative estimate of drug-likeness (QED) is 0.496. The molecular weight excluding hydrogens is 450 g/mol. The summed E-state index contributed by atoms with van der Waals surface area (Å²) in [7, 11) is 0. The molecule has 166 valence electrons. The van der Waals surface area contributed by atoms with E-state index in [-0.39, 0.29) is 5.91 Å². The first-order valence-corrected chi connectivity index (χ1v) is 11.3. The number of urea groups is 1. The van der Waals surface area contributed by atoms with Crippen molar-refractivity contribution in [3.63, 3.8) is 0 Å². The van der Waals surface area contributed by atoms with Crippen LogP contribution in [0.2, 0.25) is 5.02 Å². The first kappa shape index (κ1) is 22.2. The van der Waals surface area contributed by atoms with Gasteiger partial charge < -0.3 is 15.4 Å². The Labute approximate surface area is 194 Å². The minimum atomic E-state index is -0.391. The number of halogens is 1. The summed E-state index contributed by atoms with van der Waals surface area (Å²) in [5.41, 5.74) is 2.88. The minimum Gasteiger partial charge on any atom is -0.379 e. The number of carbonyl (C=O) groups is 2. The van der Waals surface area contributed by atoms with Crippen LogP contribution >= 0.6 is 22.9 Å². The summed E-state index contributed by atoms with van der Waals surface area (Å²) in [4.78, 5) is 31.1. The van der Waals surface area contributed by atoms with Crippen LogP contribution in [0.4, 0.5) is 21.3 Å². The average Bonchev–Trinajstić information content (AvgIpc) is 3.24. The molecule has 3 amide bonds. The van der Waals surface area contributed by atoms with Gasteiger partial charge in [-0.15, -0.1) is 11.3 Å². The molecule has 1 aromatic heterocycles. The monoisotopic (exact) mass is 471 g/mol. The normalized spacial score (nSPS) is 14.0. The number of nitrogens with zero attached hydrogens (tertiary/aromatic N) is 2. The summed E-state index contributed by atoms with van der Waals surface area (Å²) in [6.07, 6.45) is 0. The van der Waals surface area contributed by atoms with Crippen LogP contribution in [-0.4, -0.2) is 54.7 Å². The highest BCUT2D eigenvalue weighted by molar-refractivity contribution is 7.14. The number of morpholine rings is 1. The summed E-state index contributed by atoms with van der Waals surface area (Å²) in [5, 5.41) is 11.3. The summed E-state index contributed by atoms with van der Waals surface area (Å²) in [6, 6.07) is 13.9. The maximum atomic E-state index is 12.4. The van der Waals surface area contributed by atoms with E-state index in [1.54, 1.807) is 24.3 Å². The zero-order valence-electron chi connectivity index (χ0n) is 17.1. The zero-order valence-corrected chi connectivity index (χ0v) is 18.7. The molecule has 0 spiro atoms. The molecule has 1 fully saturated rings. The van der Waals surface area contributed by atoms with Gasteiger partial charge in [-0.05, 0) is 36.4 Å². The van der Waals surface area contributed by atoms with Gasteiger partial charge in [0.15, 0.2) is 5.13 Å². The smallest absolute Gasteiger partial charge is 0.325 e. The lowest BCUT2D eigenvalue weighted by Crippen LogP contribution is -2.41. The van der Waals surface area contributed by atoms with Gasteiger partial charge in [-0.1, -0.05) is 23.7 Å². The maximum absolute atomic E-state index is 12.4. The van der Waals surface area contributed by atoms with Gasteiger partial charge in [0, 0.05) is 40.4 Å². The van der Waals surface area contributed by atoms with Crippen molar-refractivity contribution in [2.45, 2.75) is 0 Å². The van der Waals surface area contributed by atoms with Crippen LogP contribution in [0, 0.1) is 0 Å². The molecule has 0 bridgehead atoms. The zero-order chi connectivity index (χ0) is 22.3. The lowest BCUT2D eigenvalue weighted by molar-refractivity contribution is -0.118. The van der Waals surface area contributed by atoms with E-state index in [9.17, 15) is 9.59 Å². The number of nitrogens with one attached hydrogen (secondary N) is 3. The Morgan fingerprint density at radius 1 is 1.03 bits per heavy atom. The second-order valence-electron chi connectivity index (χ2n) is 7.14. The number of hydrogen-bond donors (Lipinski definition) is 3. The largest absolute Gasteiger partial charge is 0.379 e. The predicted octanol–water partition coefficient (Wildman–Crippen LogP) is 4.38. The molecule has 1 saturated heterocycles. The molecule has 1 aliphatic heterocycles. The fraction of sp³-hybridized carbons (Fsp3) is 0.227. The number of amides is 3. The van der Waals surface area contributed by atoms with E-state index in [0.717, 1.165) is 18.7 Å². The van der Waals surface area contributed by atoms with Crippen LogP contribution in [0.25, 0.3) is 11.3 Å². The van der Waals surface area contributed by atoms with Crippen LogP contribution in [0.3, 0.4) is 0 Å². The number of anilines is 3. The van der Waals surface area contributed by atoms with Crippen molar-refractivity contribution in [3.8, 4) is 11.3 Å². The highest BCUT2D eigenvalue weighted by Gasteiger charge is 2.15. The van der Waals surface area contributed by atoms with Gasteiger partial charge >= 0.3 is 6.03 Å². The van der Waals surface area contributed by atoms with E-state index in [4.69, 9.17) is 16.3 Å². The Hall–Kier alpha value is -2.98. The molecule has 2 heterocycles. The third-order valence-electron chi connectivity index (χ3n) is 4.74. The first-order valence-electron chi connectivity index (χ1n) is 10.0. The Bertz CT molecular complexity index is 1080. The van der Waals surface area contributed by atoms with Gasteiger partial charge in [-0.25, -0.2) is 9.78 Å². The number of carbonyl (C=O) groups excluding carboxylic acids is 2. The highest BCUT2D eigenvalue weighted by Crippen LogP contribution is 2.27. The molecule has 0 atom stereocenters. The van der Waals surface area contributed by atoms with E-state index in [2.05, 4.69) is 25.8 Å². The predicted molar refractivity (Wildman–Crippen MR) is 128 cm³/mol. The molecule has 32 heavy (non-hydrogen) atoms. The standard InChI is InChI=1S/C22H22ClN5O3S/c23-16-4-6-17(7-5-16)25-21(30)27-22-26-19(14-32-22)15-2-1-3-18(12-15)24-20(29)13-28-8-10-31-11-9-28/h1-7,12,14H,8-11,13H2,(H,24,29)(H2,25,26,27,30). The van der Waals surface area contributed by atoms with Gasteiger partial charge in [0.2, 0.25) is 5.91 Å². The van der Waals surface area contributed by atoms with E-state index in [1.807, 2.05) is 29.6 Å². The average molecular weight is 472 g/mol. The molecule has 0 saturated carbocycles. The van der Waals surface area contributed by atoms with Gasteiger partial charge in [-0.2, -0.15) is 0 Å². The number of ether oxygens (including phenoxy) is 1. The maximum Gasteiger partial charge on any atom is 0.325 e. The van der Waals surface area contributed by atoms with Crippen molar-refractivity contribution in [2.24, 2.45) is 0 Å². The van der Waals surface area contributed by atoms with Crippen LogP contribution < -0.4 is 16.0 Å². The number of benzene rings is 2. The van der Waals surface area contributed by atoms with E-state index in [0.29, 0.717) is 47.0 Å². The fourth-order valence-electron chi connectivity index (χ4n) is 3.18. The molecule has 1 aliphatic rings. The van der Waals surface area contributed by atoms with Crippen molar-refractivity contribution in [2.75, 3.05) is 48.8 Å². The van der Waals surface area contributed by atoms with Crippen LogP contribution in [0.1, 0.15) is 0 Å². The minimum absolute atomic E-state index is 0.0662. The number of rotatable bonds is 6. The molecule has 10 heteroatoms. The van der Waals surface area contributed by atoms with Crippen molar-refractivity contribution in [1.82, 2.24) is 9.88 Å². The third-order valence-corrected chi connectivity index (χ3v) is 5.75. The van der Waals surface area contributed by atoms with Crippen LogP contribution in [0.5, 0.6) is 0 Å². The summed E-state index contributed by atoms with van der Waals surface area (Å²) in [6.45, 7) is 3.16. The molecule has 8 nitrogen and oxygen atoms in total. The molecule has 3 aromatic rings. The highest BCUT2D eigenvalue weighted by atomic mass is 35.5. The summed E-state index contributed by atoms with van der Waals surface area (Å²) < 4.78 is 5.31. The van der Waals surface area contributed by atoms with Crippen LogP contribution in [-0.2, 0) is 9.53 Å². The molecule has 0 aliphatic carbocycles. The van der Waals surface area contributed by atoms with E-state index >= 15 is 0 Å². The second-order valence-corrected chi connectivity index (χ2v) is 8.44. The Morgan fingerprint density at radius 3 is 2.59 bits per heavy atom. The molecule has 3 N–H and O–H groups in total. The van der Waals surface area contributed by atoms with Gasteiger partial charge in [0.25, 0.3) is 0 Å². The van der Waals surface area contributed by atoms with Gasteiger partial charge in [0.1, 0.15) is 0 Å².